The Kier molecular flexibility index (Phi) is 7.39. The first-order valence-corrected chi connectivity index (χ1v) is 1.85. The minimum Gasteiger partial charge on any atom is -0.464 e. The fourth-order valence-electron chi connectivity index (χ4n) is 0. The van der Waals surface area contributed by atoms with Crippen LogP contribution in [0.3, 0.4) is 0 Å². The van der Waals surface area contributed by atoms with Crippen LogP contribution in [0.5, 0.6) is 0 Å². The van der Waals surface area contributed by atoms with E-state index in [1.165, 1.54) is 0 Å². The molecule has 0 aliphatic heterocycles. The predicted molar refractivity (Wildman–Crippen MR) is 27.8 cm³/mol. The minimum absolute atomic E-state index is 0. The van der Waals surface area contributed by atoms with E-state index in [0.29, 0.717) is 3.71 Å². The molecule has 7 heavy (non-hydrogen) atoms. The second-order valence-corrected chi connectivity index (χ2v) is 1.69. The van der Waals surface area contributed by atoms with Crippen LogP contribution in [-0.4, -0.2) is 14.9 Å². The number of hydrogen-bond acceptors (Lipinski definition) is 3. The summed E-state index contributed by atoms with van der Waals surface area (Å²) in [7, 11) is 0. The molecule has 0 spiro atoms. The fourth-order valence-corrected chi connectivity index (χ4v) is 0. The Balaban J connectivity index is 0. The third-order valence-electron chi connectivity index (χ3n) is 0.171. The van der Waals surface area contributed by atoms with E-state index in [4.69, 9.17) is 5.11 Å². The topological polar surface area (TPSA) is 40.5 Å². The molecule has 0 aromatic rings. The zero-order valence-electron chi connectivity index (χ0n) is 3.14. The molecule has 0 saturated heterocycles. The molecule has 0 unspecified atom stereocenters. The molecule has 0 saturated carbocycles. The maximum absolute atomic E-state index is 9.47. The average Bonchev–Trinajstić information content (AvgIpc) is 1.36. The smallest absolute Gasteiger partial charge is 0.427 e. The van der Waals surface area contributed by atoms with E-state index < -0.39 is 6.09 Å². The molecular weight excluding hydrogens is 215 g/mol. The number of carboxylic acid groups (broad SMARTS) is 1. The van der Waals surface area contributed by atoms with E-state index in [0.717, 1.165) is 0 Å². The number of nitrogens with zero attached hydrogens (tertiary/aromatic N) is 1. The van der Waals surface area contributed by atoms with E-state index in [-0.39, 0.29) is 22.4 Å². The Bertz CT molecular complexity index is 66.7. The first-order chi connectivity index (χ1) is 2.64. The zero-order valence-corrected chi connectivity index (χ0v) is 7.13. The van der Waals surface area contributed by atoms with E-state index >= 15 is 0 Å². The van der Waals surface area contributed by atoms with Crippen molar-refractivity contribution >= 4 is 31.7 Å². The Morgan fingerprint density at radius 3 is 1.71 bits per heavy atom. The van der Waals surface area contributed by atoms with Gasteiger partial charge in [0.1, 0.15) is 0 Å². The molecule has 1 radical (unpaired) electrons. The summed E-state index contributed by atoms with van der Waals surface area (Å²) >= 11 is 6.58. The summed E-state index contributed by atoms with van der Waals surface area (Å²) in [6, 6.07) is 0. The van der Waals surface area contributed by atoms with E-state index in [1.807, 2.05) is 0 Å². The van der Waals surface area contributed by atoms with Crippen molar-refractivity contribution in [3.63, 3.8) is 0 Å². The molecule has 1 N–H and O–H groups in total. The van der Waals surface area contributed by atoms with Gasteiger partial charge in [-0.1, -0.05) is 0 Å². The van der Waals surface area contributed by atoms with Crippen LogP contribution in [0.1, 0.15) is 0 Å². The third-order valence-corrected chi connectivity index (χ3v) is 0.513. The van der Waals surface area contributed by atoms with Gasteiger partial charge in [0, 0.05) is 22.4 Å². The number of thiol groups is 2. The van der Waals surface area contributed by atoms with Gasteiger partial charge in [-0.05, 0) is 25.6 Å². The second kappa shape index (κ2) is 4.86. The Hall–Kier alpha value is 0.710. The molecule has 6 heteroatoms. The van der Waals surface area contributed by atoms with E-state index in [1.54, 1.807) is 0 Å². The van der Waals surface area contributed by atoms with Gasteiger partial charge in [-0.15, -0.1) is 0 Å². The van der Waals surface area contributed by atoms with Gasteiger partial charge in [-0.2, -0.15) is 3.71 Å². The molecule has 0 aliphatic rings. The van der Waals surface area contributed by atoms with Crippen LogP contribution in [0.2, 0.25) is 0 Å². The van der Waals surface area contributed by atoms with Crippen LogP contribution in [0.25, 0.3) is 0 Å². The molecule has 0 heterocycles. The number of rotatable bonds is 0. The van der Waals surface area contributed by atoms with Gasteiger partial charge < -0.3 is 5.11 Å². The monoisotopic (exact) mass is 218 g/mol. The van der Waals surface area contributed by atoms with Crippen LogP contribution in [0.15, 0.2) is 0 Å². The van der Waals surface area contributed by atoms with Crippen molar-refractivity contribution in [2.45, 2.75) is 0 Å². The fraction of sp³-hybridized carbons (Fsp3) is 0. The third kappa shape index (κ3) is 6.71. The second-order valence-electron chi connectivity index (χ2n) is 0.572. The molecular formula is CH3NNbO2S2. The van der Waals surface area contributed by atoms with Gasteiger partial charge in [0.15, 0.2) is 0 Å². The molecule has 0 rings (SSSR count). The van der Waals surface area contributed by atoms with E-state index in [9.17, 15) is 4.79 Å². The number of hydrogen-bond donors (Lipinski definition) is 3. The summed E-state index contributed by atoms with van der Waals surface area (Å²) < 4.78 is 0.472. The van der Waals surface area contributed by atoms with Crippen LogP contribution >= 0.6 is 25.6 Å². The molecule has 0 aromatic carbocycles. The summed E-state index contributed by atoms with van der Waals surface area (Å²) in [4.78, 5) is 9.47. The van der Waals surface area contributed by atoms with Crippen molar-refractivity contribution in [2.75, 3.05) is 0 Å². The minimum atomic E-state index is -1.18. The predicted octanol–water partition coefficient (Wildman–Crippen LogP) is 0.653. The first kappa shape index (κ1) is 10.6. The van der Waals surface area contributed by atoms with Crippen LogP contribution in [-0.2, 0) is 22.4 Å². The molecule has 0 aromatic heterocycles. The number of amides is 1. The Morgan fingerprint density at radius 1 is 1.57 bits per heavy atom. The van der Waals surface area contributed by atoms with Gasteiger partial charge >= 0.3 is 6.09 Å². The van der Waals surface area contributed by atoms with Crippen LogP contribution < -0.4 is 0 Å². The largest absolute Gasteiger partial charge is 0.464 e. The Morgan fingerprint density at radius 2 is 1.71 bits per heavy atom. The maximum atomic E-state index is 9.47. The van der Waals surface area contributed by atoms with Gasteiger partial charge in [-0.3, -0.25) is 0 Å². The van der Waals surface area contributed by atoms with E-state index in [2.05, 4.69) is 25.6 Å². The van der Waals surface area contributed by atoms with Crippen LogP contribution in [0.4, 0.5) is 4.79 Å². The zero-order chi connectivity index (χ0) is 5.15. The Labute approximate surface area is 67.7 Å². The molecule has 0 atom stereocenters. The molecule has 0 fully saturated rings. The average molecular weight is 218 g/mol. The van der Waals surface area contributed by atoms with Gasteiger partial charge in [-0.25, -0.2) is 4.79 Å². The SMILES string of the molecule is O=C(O)N(S)S.[Nb]. The summed E-state index contributed by atoms with van der Waals surface area (Å²) in [6.45, 7) is 0. The molecule has 1 amide bonds. The summed E-state index contributed by atoms with van der Waals surface area (Å²) in [5, 5.41) is 7.76. The maximum Gasteiger partial charge on any atom is 0.427 e. The molecule has 0 bridgehead atoms. The van der Waals surface area contributed by atoms with Crippen molar-refractivity contribution in [1.29, 1.82) is 0 Å². The normalized spacial score (nSPS) is 6.57. The van der Waals surface area contributed by atoms with Crippen molar-refractivity contribution in [3.05, 3.63) is 0 Å². The number of carbonyl (C=O) groups is 1. The van der Waals surface area contributed by atoms with Gasteiger partial charge in [0.05, 0.1) is 0 Å². The van der Waals surface area contributed by atoms with Crippen LogP contribution in [0, 0.1) is 0 Å². The summed E-state index contributed by atoms with van der Waals surface area (Å²) in [6.07, 6.45) is -1.18. The van der Waals surface area contributed by atoms with Crippen molar-refractivity contribution in [2.24, 2.45) is 0 Å². The quantitative estimate of drug-likeness (QED) is 0.412. The summed E-state index contributed by atoms with van der Waals surface area (Å²) in [5.74, 6) is 0. The molecule has 0 aliphatic carbocycles. The van der Waals surface area contributed by atoms with Crippen molar-refractivity contribution in [3.8, 4) is 0 Å². The van der Waals surface area contributed by atoms with Crippen molar-refractivity contribution < 1.29 is 32.3 Å². The van der Waals surface area contributed by atoms with Gasteiger partial charge in [0.2, 0.25) is 0 Å². The first-order valence-electron chi connectivity index (χ1n) is 1.05. The molecule has 41 valence electrons. The summed E-state index contributed by atoms with van der Waals surface area (Å²) in [5.41, 5.74) is 0. The molecule has 3 nitrogen and oxygen atoms in total. The van der Waals surface area contributed by atoms with Gasteiger partial charge in [0.25, 0.3) is 0 Å². The van der Waals surface area contributed by atoms with Crippen molar-refractivity contribution in [1.82, 2.24) is 3.71 Å². The standard InChI is InChI=1S/CH3NO2S2.Nb/c3-1(4)2(5)6;/h5-6H,(H,3,4);.